The van der Waals surface area contributed by atoms with Crippen LogP contribution in [0, 0.1) is 0 Å². The summed E-state index contributed by atoms with van der Waals surface area (Å²) < 4.78 is 10.5. The van der Waals surface area contributed by atoms with E-state index < -0.39 is 11.9 Å². The molecule has 0 radical (unpaired) electrons. The molecule has 134 valence electrons. The zero-order valence-corrected chi connectivity index (χ0v) is 16.0. The van der Waals surface area contributed by atoms with Gasteiger partial charge in [0, 0.05) is 5.33 Å². The van der Waals surface area contributed by atoms with Crippen LogP contribution >= 0.6 is 15.9 Å². The molecule has 1 aromatic carbocycles. The fourth-order valence-electron chi connectivity index (χ4n) is 2.20. The van der Waals surface area contributed by atoms with Crippen LogP contribution in [0.15, 0.2) is 24.3 Å². The van der Waals surface area contributed by atoms with E-state index in [-0.39, 0.29) is 11.1 Å². The van der Waals surface area contributed by atoms with E-state index in [4.69, 9.17) is 9.47 Å². The van der Waals surface area contributed by atoms with Crippen molar-refractivity contribution in [3.63, 3.8) is 0 Å². The van der Waals surface area contributed by atoms with Gasteiger partial charge in [-0.2, -0.15) is 0 Å². The molecular weight excluding hydrogens is 372 g/mol. The third-order valence-corrected chi connectivity index (χ3v) is 4.17. The van der Waals surface area contributed by atoms with Gasteiger partial charge in [-0.05, 0) is 31.4 Å². The van der Waals surface area contributed by atoms with E-state index in [2.05, 4.69) is 15.9 Å². The second-order valence-electron chi connectivity index (χ2n) is 5.63. The van der Waals surface area contributed by atoms with Crippen LogP contribution in [0.1, 0.15) is 72.6 Å². The Kier molecular flexibility index (Phi) is 11.2. The molecule has 0 N–H and O–H groups in total. The van der Waals surface area contributed by atoms with Gasteiger partial charge >= 0.3 is 11.9 Å². The Labute approximate surface area is 153 Å². The number of unbranched alkanes of at least 4 members (excludes halogenated alkanes) is 5. The minimum absolute atomic E-state index is 0.274. The maximum Gasteiger partial charge on any atom is 0.339 e. The van der Waals surface area contributed by atoms with Crippen LogP contribution in [0.2, 0.25) is 0 Å². The van der Waals surface area contributed by atoms with Crippen molar-refractivity contribution in [2.45, 2.75) is 51.9 Å². The Morgan fingerprint density at radius 3 is 1.88 bits per heavy atom. The fraction of sp³-hybridized carbons (Fsp3) is 0.579. The van der Waals surface area contributed by atoms with Crippen molar-refractivity contribution in [1.82, 2.24) is 0 Å². The number of hydrogen-bond acceptors (Lipinski definition) is 4. The summed E-state index contributed by atoms with van der Waals surface area (Å²) >= 11 is 3.41. The summed E-state index contributed by atoms with van der Waals surface area (Å²) in [6, 6.07) is 6.65. The van der Waals surface area contributed by atoms with Crippen molar-refractivity contribution < 1.29 is 19.1 Å². The van der Waals surface area contributed by atoms with Gasteiger partial charge in [0.1, 0.15) is 0 Å². The van der Waals surface area contributed by atoms with Crippen molar-refractivity contribution in [1.29, 1.82) is 0 Å². The second kappa shape index (κ2) is 13.0. The summed E-state index contributed by atoms with van der Waals surface area (Å²) in [6.07, 6.45) is 7.15. The van der Waals surface area contributed by atoms with E-state index >= 15 is 0 Å². The van der Waals surface area contributed by atoms with E-state index in [1.165, 1.54) is 12.8 Å². The highest BCUT2D eigenvalue weighted by atomic mass is 79.9. The predicted octanol–water partition coefficient (Wildman–Crippen LogP) is 5.15. The molecule has 0 aliphatic carbocycles. The Balaban J connectivity index is 2.45. The molecule has 0 atom stereocenters. The average molecular weight is 399 g/mol. The summed E-state index contributed by atoms with van der Waals surface area (Å²) in [4.78, 5) is 24.3. The number of benzene rings is 1. The predicted molar refractivity (Wildman–Crippen MR) is 98.8 cm³/mol. The molecule has 4 nitrogen and oxygen atoms in total. The van der Waals surface area contributed by atoms with Gasteiger partial charge in [0.25, 0.3) is 0 Å². The molecule has 0 aliphatic heterocycles. The Morgan fingerprint density at radius 2 is 1.33 bits per heavy atom. The average Bonchev–Trinajstić information content (AvgIpc) is 2.61. The van der Waals surface area contributed by atoms with Gasteiger partial charge in [0.2, 0.25) is 0 Å². The number of rotatable bonds is 12. The Bertz CT molecular complexity index is 502. The van der Waals surface area contributed by atoms with Crippen LogP contribution < -0.4 is 0 Å². The lowest BCUT2D eigenvalue weighted by Gasteiger charge is -2.09. The molecule has 24 heavy (non-hydrogen) atoms. The van der Waals surface area contributed by atoms with Gasteiger partial charge in [-0.25, -0.2) is 9.59 Å². The first-order valence-electron chi connectivity index (χ1n) is 8.70. The van der Waals surface area contributed by atoms with Crippen molar-refractivity contribution in [3.05, 3.63) is 35.4 Å². The first-order chi connectivity index (χ1) is 11.7. The molecule has 0 saturated heterocycles. The van der Waals surface area contributed by atoms with Crippen molar-refractivity contribution in [3.8, 4) is 0 Å². The molecular formula is C19H27BrO4. The summed E-state index contributed by atoms with van der Waals surface area (Å²) in [5.74, 6) is -0.927. The van der Waals surface area contributed by atoms with Crippen LogP contribution in [-0.2, 0) is 9.47 Å². The number of halogens is 1. The molecule has 0 unspecified atom stereocenters. The lowest BCUT2D eigenvalue weighted by molar-refractivity contribution is 0.0451. The fourth-order valence-corrected chi connectivity index (χ4v) is 2.59. The third kappa shape index (κ3) is 7.95. The number of carbonyl (C=O) groups excluding carboxylic acids is 2. The lowest BCUT2D eigenvalue weighted by atomic mass is 10.1. The minimum Gasteiger partial charge on any atom is -0.462 e. The van der Waals surface area contributed by atoms with Crippen LogP contribution in [0.5, 0.6) is 0 Å². The largest absolute Gasteiger partial charge is 0.462 e. The SMILES string of the molecule is CCCCOC(=O)c1ccccc1C(=O)OCCCCCCCBr. The van der Waals surface area contributed by atoms with Gasteiger partial charge < -0.3 is 9.47 Å². The molecule has 0 bridgehead atoms. The van der Waals surface area contributed by atoms with Gasteiger partial charge in [0.05, 0.1) is 24.3 Å². The topological polar surface area (TPSA) is 52.6 Å². The Hall–Kier alpha value is -1.36. The van der Waals surface area contributed by atoms with Gasteiger partial charge in [0.15, 0.2) is 0 Å². The lowest BCUT2D eigenvalue weighted by Crippen LogP contribution is -2.15. The van der Waals surface area contributed by atoms with E-state index in [9.17, 15) is 9.59 Å². The maximum atomic E-state index is 12.2. The monoisotopic (exact) mass is 398 g/mol. The summed E-state index contributed by atoms with van der Waals surface area (Å²) in [7, 11) is 0. The van der Waals surface area contributed by atoms with Crippen LogP contribution in [0.3, 0.4) is 0 Å². The molecule has 5 heteroatoms. The zero-order chi connectivity index (χ0) is 17.6. The number of esters is 2. The van der Waals surface area contributed by atoms with Crippen LogP contribution in [0.25, 0.3) is 0 Å². The standard InChI is InChI=1S/C19H27BrO4/c1-2-3-14-23-18(21)16-11-7-8-12-17(16)19(22)24-15-10-6-4-5-9-13-20/h7-8,11-12H,2-6,9-10,13-15H2,1H3. The van der Waals surface area contributed by atoms with Crippen molar-refractivity contribution >= 4 is 27.9 Å². The highest BCUT2D eigenvalue weighted by Gasteiger charge is 2.18. The second-order valence-corrected chi connectivity index (χ2v) is 6.42. The number of alkyl halides is 1. The molecule has 0 saturated carbocycles. The highest BCUT2D eigenvalue weighted by molar-refractivity contribution is 9.09. The normalized spacial score (nSPS) is 10.4. The molecule has 0 spiro atoms. The van der Waals surface area contributed by atoms with Gasteiger partial charge in [-0.15, -0.1) is 0 Å². The zero-order valence-electron chi connectivity index (χ0n) is 14.4. The number of ether oxygens (including phenoxy) is 2. The molecule has 0 fully saturated rings. The van der Waals surface area contributed by atoms with E-state index in [1.807, 2.05) is 6.92 Å². The number of carbonyl (C=O) groups is 2. The maximum absolute atomic E-state index is 12.2. The van der Waals surface area contributed by atoms with E-state index in [1.54, 1.807) is 24.3 Å². The summed E-state index contributed by atoms with van der Waals surface area (Å²) in [6.45, 7) is 2.78. The third-order valence-electron chi connectivity index (χ3n) is 3.61. The first kappa shape index (κ1) is 20.7. The summed E-state index contributed by atoms with van der Waals surface area (Å²) in [5.41, 5.74) is 0.550. The Morgan fingerprint density at radius 1 is 0.833 bits per heavy atom. The summed E-state index contributed by atoms with van der Waals surface area (Å²) in [5, 5.41) is 1.03. The van der Waals surface area contributed by atoms with Gasteiger partial charge in [-0.1, -0.05) is 60.7 Å². The van der Waals surface area contributed by atoms with Crippen LogP contribution in [-0.4, -0.2) is 30.5 Å². The molecule has 0 amide bonds. The molecule has 0 heterocycles. The minimum atomic E-state index is -0.467. The van der Waals surface area contributed by atoms with Crippen LogP contribution in [0.4, 0.5) is 0 Å². The molecule has 1 aromatic rings. The number of hydrogen-bond donors (Lipinski definition) is 0. The quantitative estimate of drug-likeness (QED) is 0.277. The molecule has 0 aliphatic rings. The highest BCUT2D eigenvalue weighted by Crippen LogP contribution is 2.13. The van der Waals surface area contributed by atoms with E-state index in [0.29, 0.717) is 13.2 Å². The van der Waals surface area contributed by atoms with Gasteiger partial charge in [-0.3, -0.25) is 0 Å². The van der Waals surface area contributed by atoms with Crippen molar-refractivity contribution in [2.75, 3.05) is 18.5 Å². The van der Waals surface area contributed by atoms with E-state index in [0.717, 1.165) is 37.4 Å². The smallest absolute Gasteiger partial charge is 0.339 e. The molecule has 1 rings (SSSR count). The first-order valence-corrected chi connectivity index (χ1v) is 9.82. The molecule has 0 aromatic heterocycles. The van der Waals surface area contributed by atoms with Crippen molar-refractivity contribution in [2.24, 2.45) is 0 Å².